The zero-order chi connectivity index (χ0) is 27.6. The Morgan fingerprint density at radius 3 is 2.45 bits per heavy atom. The predicted molar refractivity (Wildman–Crippen MR) is 152 cm³/mol. The fourth-order valence-electron chi connectivity index (χ4n) is 4.29. The maximum Gasteiger partial charge on any atom is 0.178 e. The second-order valence-corrected chi connectivity index (χ2v) is 12.0. The molecule has 1 atom stereocenters. The predicted octanol–water partition coefficient (Wildman–Crippen LogP) is 5.07. The molecule has 0 aliphatic heterocycles. The molecule has 0 fully saturated rings. The average Bonchev–Trinajstić information content (AvgIpc) is 2.91. The number of hydrogen-bond acceptors (Lipinski definition) is 7. The van der Waals surface area contributed by atoms with Gasteiger partial charge in [-0.05, 0) is 80.5 Å². The van der Waals surface area contributed by atoms with E-state index in [0.29, 0.717) is 22.6 Å². The van der Waals surface area contributed by atoms with Crippen LogP contribution in [0.5, 0.6) is 5.75 Å². The molecule has 0 amide bonds. The first-order valence-electron chi connectivity index (χ1n) is 14.1. The van der Waals surface area contributed by atoms with E-state index in [2.05, 4.69) is 12.2 Å². The summed E-state index contributed by atoms with van der Waals surface area (Å²) >= 11 is 0. The molecular formula is C30H47NO6S. The van der Waals surface area contributed by atoms with Crippen molar-refractivity contribution in [1.29, 1.82) is 0 Å². The van der Waals surface area contributed by atoms with Crippen LogP contribution in [-0.4, -0.2) is 55.8 Å². The Balaban J connectivity index is 1.46. The average molecular weight is 550 g/mol. The molecule has 7 nitrogen and oxygen atoms in total. The van der Waals surface area contributed by atoms with Gasteiger partial charge in [0.05, 0.1) is 23.4 Å². The van der Waals surface area contributed by atoms with Crippen molar-refractivity contribution in [3.63, 3.8) is 0 Å². The molecule has 0 spiro atoms. The zero-order valence-electron chi connectivity index (χ0n) is 22.9. The molecular weight excluding hydrogens is 502 g/mol. The van der Waals surface area contributed by atoms with Gasteiger partial charge < -0.3 is 25.4 Å². The Labute approximate surface area is 229 Å². The topological polar surface area (TPSA) is 116 Å². The van der Waals surface area contributed by atoms with Gasteiger partial charge in [-0.1, -0.05) is 50.8 Å². The van der Waals surface area contributed by atoms with Crippen molar-refractivity contribution in [2.45, 2.75) is 88.7 Å². The summed E-state index contributed by atoms with van der Waals surface area (Å²) in [4.78, 5) is 0.447. The number of rotatable bonds is 21. The molecule has 4 N–H and O–H groups in total. The maximum atomic E-state index is 12.5. The minimum Gasteiger partial charge on any atom is -0.508 e. The summed E-state index contributed by atoms with van der Waals surface area (Å²) in [5.41, 5.74) is 2.16. The molecule has 0 heterocycles. The van der Waals surface area contributed by atoms with E-state index in [1.54, 1.807) is 18.2 Å². The lowest BCUT2D eigenvalue weighted by Crippen LogP contribution is -2.22. The van der Waals surface area contributed by atoms with Crippen LogP contribution in [0.1, 0.15) is 87.5 Å². The summed E-state index contributed by atoms with van der Waals surface area (Å²) in [7, 11) is -3.19. The first kappa shape index (κ1) is 32.2. The third-order valence-corrected chi connectivity index (χ3v) is 8.47. The van der Waals surface area contributed by atoms with Crippen LogP contribution in [0.15, 0.2) is 47.4 Å². The van der Waals surface area contributed by atoms with Gasteiger partial charge in [0.2, 0.25) is 0 Å². The van der Waals surface area contributed by atoms with Crippen LogP contribution in [0.3, 0.4) is 0 Å². The van der Waals surface area contributed by atoms with Crippen molar-refractivity contribution >= 4 is 9.84 Å². The van der Waals surface area contributed by atoms with Gasteiger partial charge in [-0.3, -0.25) is 0 Å². The van der Waals surface area contributed by atoms with E-state index in [1.807, 2.05) is 18.2 Å². The molecule has 0 saturated heterocycles. The van der Waals surface area contributed by atoms with Crippen molar-refractivity contribution in [1.82, 2.24) is 5.32 Å². The molecule has 0 radical (unpaired) electrons. The quantitative estimate of drug-likeness (QED) is 0.161. The van der Waals surface area contributed by atoms with Gasteiger partial charge in [0.25, 0.3) is 0 Å². The van der Waals surface area contributed by atoms with E-state index < -0.39 is 15.9 Å². The molecule has 0 bridgehead atoms. The van der Waals surface area contributed by atoms with Gasteiger partial charge >= 0.3 is 0 Å². The van der Waals surface area contributed by atoms with Crippen molar-refractivity contribution in [3.05, 3.63) is 59.2 Å². The number of aryl methyl sites for hydroxylation is 1. The molecule has 38 heavy (non-hydrogen) atoms. The molecule has 0 saturated carbocycles. The highest BCUT2D eigenvalue weighted by atomic mass is 32.2. The molecule has 2 aromatic rings. The molecule has 0 aliphatic rings. The Morgan fingerprint density at radius 1 is 0.921 bits per heavy atom. The second-order valence-electron chi connectivity index (χ2n) is 9.92. The van der Waals surface area contributed by atoms with Gasteiger partial charge in [-0.25, -0.2) is 8.42 Å². The highest BCUT2D eigenvalue weighted by molar-refractivity contribution is 7.91. The third kappa shape index (κ3) is 12.3. The number of aromatic hydroxyl groups is 1. The second kappa shape index (κ2) is 18.3. The van der Waals surface area contributed by atoms with Crippen LogP contribution in [0, 0.1) is 0 Å². The summed E-state index contributed by atoms with van der Waals surface area (Å²) in [6.07, 6.45) is 9.03. The lowest BCUT2D eigenvalue weighted by atomic mass is 10.1. The van der Waals surface area contributed by atoms with E-state index in [1.165, 1.54) is 6.07 Å². The lowest BCUT2D eigenvalue weighted by molar-refractivity contribution is 0.126. The van der Waals surface area contributed by atoms with Gasteiger partial charge in [0.1, 0.15) is 5.75 Å². The van der Waals surface area contributed by atoms with E-state index >= 15 is 0 Å². The van der Waals surface area contributed by atoms with Crippen LogP contribution < -0.4 is 5.32 Å². The van der Waals surface area contributed by atoms with Crippen molar-refractivity contribution in [2.24, 2.45) is 0 Å². The maximum absolute atomic E-state index is 12.5. The van der Waals surface area contributed by atoms with Crippen molar-refractivity contribution < 1.29 is 28.5 Å². The fourth-order valence-corrected chi connectivity index (χ4v) is 5.73. The van der Waals surface area contributed by atoms with E-state index in [4.69, 9.17) is 4.74 Å². The summed E-state index contributed by atoms with van der Waals surface area (Å²) in [6.45, 7) is 4.55. The minimum absolute atomic E-state index is 0.0361. The number of phenols is 1. The summed E-state index contributed by atoms with van der Waals surface area (Å²) in [5, 5.41) is 32.4. The van der Waals surface area contributed by atoms with E-state index in [-0.39, 0.29) is 18.1 Å². The summed E-state index contributed by atoms with van der Waals surface area (Å²) in [5.74, 6) is 0.264. The van der Waals surface area contributed by atoms with Crippen LogP contribution in [0.4, 0.5) is 0 Å². The first-order valence-corrected chi connectivity index (χ1v) is 15.7. The summed E-state index contributed by atoms with van der Waals surface area (Å²) in [6, 6.07) is 12.2. The van der Waals surface area contributed by atoms with Gasteiger partial charge in [-0.15, -0.1) is 0 Å². The van der Waals surface area contributed by atoms with Crippen LogP contribution >= 0.6 is 0 Å². The number of nitrogens with one attached hydrogen (secondary N) is 1. The third-order valence-electron chi connectivity index (χ3n) is 6.67. The Bertz CT molecular complexity index is 1030. The zero-order valence-corrected chi connectivity index (χ0v) is 23.7. The molecule has 1 unspecified atom stereocenters. The molecule has 2 aromatic carbocycles. The van der Waals surface area contributed by atoms with Crippen molar-refractivity contribution in [3.8, 4) is 5.75 Å². The number of ether oxygens (including phenoxy) is 1. The normalized spacial score (nSPS) is 12.6. The molecule has 0 aliphatic carbocycles. The van der Waals surface area contributed by atoms with Gasteiger partial charge in [0, 0.05) is 25.3 Å². The van der Waals surface area contributed by atoms with Crippen LogP contribution in [-0.2, 0) is 27.6 Å². The molecule has 8 heteroatoms. The monoisotopic (exact) mass is 549 g/mol. The SMILES string of the molecule is CCCCCS(=O)(=O)c1cccc(CCCCOCCCCCCNCC(O)c2ccc(O)c(CO)c2)c1. The minimum atomic E-state index is -3.19. The highest BCUT2D eigenvalue weighted by Crippen LogP contribution is 2.22. The van der Waals surface area contributed by atoms with Crippen LogP contribution in [0.25, 0.3) is 0 Å². The number of unbranched alkanes of at least 4 members (excludes halogenated alkanes) is 6. The van der Waals surface area contributed by atoms with E-state index in [0.717, 1.165) is 89.5 Å². The lowest BCUT2D eigenvalue weighted by Gasteiger charge is -2.14. The number of aliphatic hydroxyl groups is 2. The van der Waals surface area contributed by atoms with Crippen LogP contribution in [0.2, 0.25) is 0 Å². The smallest absolute Gasteiger partial charge is 0.178 e. The number of sulfone groups is 1. The number of benzene rings is 2. The Morgan fingerprint density at radius 2 is 1.68 bits per heavy atom. The number of hydrogen-bond donors (Lipinski definition) is 4. The standard InChI is InChI=1S/C30H47NO6S/c1-2-3-10-20-38(35,36)28-14-11-13-25(21-28)12-6-9-19-37-18-8-5-4-7-17-31-23-30(34)26-15-16-29(33)27(22-26)24-32/h11,13-16,21-22,30-34H,2-10,12,17-20,23-24H2,1H3. The fraction of sp³-hybridized carbons (Fsp3) is 0.600. The van der Waals surface area contributed by atoms with Gasteiger partial charge in [0.15, 0.2) is 9.84 Å². The molecule has 0 aromatic heterocycles. The van der Waals surface area contributed by atoms with Crippen molar-refractivity contribution in [2.75, 3.05) is 32.1 Å². The van der Waals surface area contributed by atoms with Gasteiger partial charge in [-0.2, -0.15) is 0 Å². The molecule has 214 valence electrons. The number of aliphatic hydroxyl groups excluding tert-OH is 2. The van der Waals surface area contributed by atoms with E-state index in [9.17, 15) is 23.7 Å². The Kier molecular flexibility index (Phi) is 15.6. The molecule has 2 rings (SSSR count). The first-order chi connectivity index (χ1) is 18.4. The largest absolute Gasteiger partial charge is 0.508 e. The highest BCUT2D eigenvalue weighted by Gasteiger charge is 2.14. The summed E-state index contributed by atoms with van der Waals surface area (Å²) < 4.78 is 30.8. The Hall–Kier alpha value is -1.97.